The zero-order chi connectivity index (χ0) is 25.3. The highest BCUT2D eigenvalue weighted by atomic mass is 35.5. The number of amides is 2. The molecule has 8 nitrogen and oxygen atoms in total. The highest BCUT2D eigenvalue weighted by Crippen LogP contribution is 2.31. The van der Waals surface area contributed by atoms with E-state index in [1.807, 2.05) is 4.90 Å². The largest absolute Gasteiger partial charge is 0.337 e. The van der Waals surface area contributed by atoms with Gasteiger partial charge in [-0.05, 0) is 61.8 Å². The van der Waals surface area contributed by atoms with Crippen molar-refractivity contribution in [3.8, 4) is 0 Å². The van der Waals surface area contributed by atoms with Crippen LogP contribution in [0, 0.1) is 0 Å². The Balaban J connectivity index is 1.22. The molecule has 2 fully saturated rings. The molecule has 1 aromatic carbocycles. The first kappa shape index (κ1) is 25.7. The quantitative estimate of drug-likeness (QED) is 0.535. The normalized spacial score (nSPS) is 23.6. The number of carbonyl (C=O) groups is 2. The second-order valence-corrected chi connectivity index (χ2v) is 13.2. The number of nitrogens with one attached hydrogen (secondary N) is 1. The Hall–Kier alpha value is -1.98. The van der Waals surface area contributed by atoms with E-state index in [9.17, 15) is 18.0 Å². The molecule has 1 N–H and O–H groups in total. The lowest BCUT2D eigenvalue weighted by atomic mass is 10.1. The molecule has 0 bridgehead atoms. The molecule has 36 heavy (non-hydrogen) atoms. The summed E-state index contributed by atoms with van der Waals surface area (Å²) in [5.74, 6) is -0.387. The summed E-state index contributed by atoms with van der Waals surface area (Å²) in [6, 6.07) is 6.10. The number of hydrogen-bond acceptors (Lipinski definition) is 6. The van der Waals surface area contributed by atoms with E-state index in [0.717, 1.165) is 60.3 Å². The van der Waals surface area contributed by atoms with E-state index in [1.54, 1.807) is 24.3 Å². The molecule has 5 rings (SSSR count). The van der Waals surface area contributed by atoms with E-state index in [1.165, 1.54) is 4.90 Å². The topological polar surface area (TPSA) is 90.0 Å². The number of halogens is 1. The minimum Gasteiger partial charge on any atom is -0.337 e. The Labute approximate surface area is 220 Å². The molecule has 3 aliphatic rings. The molecule has 11 heteroatoms. The zero-order valence-electron chi connectivity index (χ0n) is 20.1. The summed E-state index contributed by atoms with van der Waals surface area (Å²) in [5.41, 5.74) is 0. The second kappa shape index (κ2) is 10.8. The first-order valence-corrected chi connectivity index (χ1v) is 15.1. The number of hydrogen-bond donors (Lipinski definition) is 1. The molecule has 3 aliphatic heterocycles. The third kappa shape index (κ3) is 5.62. The Kier molecular flexibility index (Phi) is 7.69. The minimum atomic E-state index is -3.89. The maximum atomic E-state index is 13.2. The molecule has 2 aromatic rings. The fourth-order valence-electron chi connectivity index (χ4n) is 5.34. The zero-order valence-corrected chi connectivity index (χ0v) is 22.5. The number of nitrogens with zero attached hydrogens (tertiary/aromatic N) is 3. The Morgan fingerprint density at radius 1 is 1.11 bits per heavy atom. The Morgan fingerprint density at radius 3 is 2.75 bits per heavy atom. The van der Waals surface area contributed by atoms with Crippen molar-refractivity contribution in [2.75, 3.05) is 39.3 Å². The monoisotopic (exact) mass is 550 g/mol. The number of benzene rings is 1. The van der Waals surface area contributed by atoms with Crippen LogP contribution in [0.5, 0.6) is 0 Å². The average molecular weight is 551 g/mol. The number of sulfonamides is 1. The molecular weight excluding hydrogens is 520 g/mol. The summed E-state index contributed by atoms with van der Waals surface area (Å²) in [5, 5.41) is 1.28. The first-order valence-electron chi connectivity index (χ1n) is 12.5. The van der Waals surface area contributed by atoms with Gasteiger partial charge in [-0.2, -0.15) is 4.72 Å². The molecule has 1 aromatic heterocycles. The van der Waals surface area contributed by atoms with Crippen LogP contribution in [0.25, 0.3) is 10.1 Å². The van der Waals surface area contributed by atoms with Crippen LogP contribution >= 0.6 is 22.9 Å². The third-order valence-electron chi connectivity index (χ3n) is 7.18. The van der Waals surface area contributed by atoms with Gasteiger partial charge in [-0.1, -0.05) is 23.8 Å². The van der Waals surface area contributed by atoms with Crippen molar-refractivity contribution in [3.05, 3.63) is 41.4 Å². The van der Waals surface area contributed by atoms with E-state index in [2.05, 4.69) is 21.8 Å². The van der Waals surface area contributed by atoms with Crippen molar-refractivity contribution in [2.45, 2.75) is 48.4 Å². The van der Waals surface area contributed by atoms with E-state index in [-0.39, 0.29) is 28.6 Å². The molecule has 4 heterocycles. The summed E-state index contributed by atoms with van der Waals surface area (Å²) in [6.07, 6.45) is 8.39. The number of thiophene rings is 1. The van der Waals surface area contributed by atoms with Gasteiger partial charge < -0.3 is 9.80 Å². The molecule has 2 amide bonds. The van der Waals surface area contributed by atoms with Gasteiger partial charge in [-0.25, -0.2) is 8.42 Å². The fraction of sp³-hybridized carbons (Fsp3) is 0.520. The molecule has 0 saturated carbocycles. The van der Waals surface area contributed by atoms with Crippen molar-refractivity contribution in [1.82, 2.24) is 19.4 Å². The highest BCUT2D eigenvalue weighted by molar-refractivity contribution is 7.91. The van der Waals surface area contributed by atoms with Crippen molar-refractivity contribution in [2.24, 2.45) is 0 Å². The smallest absolute Gasteiger partial charge is 0.250 e. The predicted octanol–water partition coefficient (Wildman–Crippen LogP) is 3.08. The standard InChI is InChI=1S/C25H31ClN4O4S2/c26-19-8-9-22-18(14-19)15-24(35-22)36(33,34)27-21-7-5-12-29(25(21)32)17-23(31)30-13-4-6-20(30)16-28-10-2-1-3-11-28/h1-2,8-9,14-15,20-21,27H,3-7,10-13,16-17H2/t20-,21-/m0/s1. The highest BCUT2D eigenvalue weighted by Gasteiger charge is 2.36. The summed E-state index contributed by atoms with van der Waals surface area (Å²) >= 11 is 7.18. The van der Waals surface area contributed by atoms with Crippen molar-refractivity contribution in [3.63, 3.8) is 0 Å². The molecule has 2 atom stereocenters. The molecule has 0 aliphatic carbocycles. The van der Waals surface area contributed by atoms with Crippen molar-refractivity contribution >= 4 is 54.9 Å². The van der Waals surface area contributed by atoms with Gasteiger partial charge in [0, 0.05) is 48.5 Å². The number of likely N-dealkylation sites (tertiary alicyclic amines) is 2. The summed E-state index contributed by atoms with van der Waals surface area (Å²) in [6.45, 7) is 3.94. The van der Waals surface area contributed by atoms with E-state index >= 15 is 0 Å². The van der Waals surface area contributed by atoms with Gasteiger partial charge in [0.2, 0.25) is 11.8 Å². The van der Waals surface area contributed by atoms with Gasteiger partial charge in [-0.3, -0.25) is 14.5 Å². The third-order valence-corrected chi connectivity index (χ3v) is 10.5. The minimum absolute atomic E-state index is 0.00511. The van der Waals surface area contributed by atoms with E-state index in [4.69, 9.17) is 11.6 Å². The maximum Gasteiger partial charge on any atom is 0.250 e. The van der Waals surface area contributed by atoms with Crippen molar-refractivity contribution in [1.29, 1.82) is 0 Å². The maximum absolute atomic E-state index is 13.2. The van der Waals surface area contributed by atoms with Gasteiger partial charge in [0.05, 0.1) is 6.54 Å². The Morgan fingerprint density at radius 2 is 1.94 bits per heavy atom. The fourth-order valence-corrected chi connectivity index (χ4v) is 8.13. The van der Waals surface area contributed by atoms with Crippen LogP contribution < -0.4 is 4.72 Å². The van der Waals surface area contributed by atoms with Gasteiger partial charge in [0.1, 0.15) is 10.3 Å². The summed E-state index contributed by atoms with van der Waals surface area (Å²) in [4.78, 5) is 32.2. The van der Waals surface area contributed by atoms with Crippen LogP contribution in [0.3, 0.4) is 0 Å². The molecule has 0 spiro atoms. The lowest BCUT2D eigenvalue weighted by molar-refractivity contribution is -0.143. The SMILES string of the molecule is O=C1[C@@H](NS(=O)(=O)c2cc3cc(Cl)ccc3s2)CCCN1CC(=O)N1CCC[C@H]1CN1CC=CCC1. The lowest BCUT2D eigenvalue weighted by Crippen LogP contribution is -2.55. The van der Waals surface area contributed by atoms with Crippen LogP contribution in [0.2, 0.25) is 5.02 Å². The predicted molar refractivity (Wildman–Crippen MR) is 142 cm³/mol. The van der Waals surface area contributed by atoms with E-state index in [0.29, 0.717) is 31.0 Å². The molecular formula is C25H31ClN4O4S2. The van der Waals surface area contributed by atoms with Gasteiger partial charge in [0.15, 0.2) is 0 Å². The summed E-state index contributed by atoms with van der Waals surface area (Å²) < 4.78 is 29.7. The lowest BCUT2D eigenvalue weighted by Gasteiger charge is -2.35. The molecule has 0 unspecified atom stereocenters. The summed E-state index contributed by atoms with van der Waals surface area (Å²) in [7, 11) is -3.89. The van der Waals surface area contributed by atoms with Crippen molar-refractivity contribution < 1.29 is 18.0 Å². The van der Waals surface area contributed by atoms with Crippen LogP contribution in [-0.4, -0.2) is 86.3 Å². The number of fused-ring (bicyclic) bond motifs is 1. The first-order chi connectivity index (χ1) is 17.3. The second-order valence-electron chi connectivity index (χ2n) is 9.73. The average Bonchev–Trinajstić information content (AvgIpc) is 3.49. The molecule has 0 radical (unpaired) electrons. The van der Waals surface area contributed by atoms with Crippen LogP contribution in [-0.2, 0) is 19.6 Å². The van der Waals surface area contributed by atoms with Gasteiger partial charge in [0.25, 0.3) is 10.0 Å². The number of carbonyl (C=O) groups excluding carboxylic acids is 2. The Bertz CT molecular complexity index is 1280. The van der Waals surface area contributed by atoms with E-state index < -0.39 is 16.1 Å². The molecule has 194 valence electrons. The number of piperidine rings is 1. The molecule has 2 saturated heterocycles. The van der Waals surface area contributed by atoms with Crippen LogP contribution in [0.4, 0.5) is 0 Å². The number of rotatable bonds is 7. The van der Waals surface area contributed by atoms with Gasteiger partial charge in [-0.15, -0.1) is 11.3 Å². The van der Waals surface area contributed by atoms with Gasteiger partial charge >= 0.3 is 0 Å². The van der Waals surface area contributed by atoms with Crippen LogP contribution in [0.1, 0.15) is 32.1 Å². The van der Waals surface area contributed by atoms with Crippen LogP contribution in [0.15, 0.2) is 40.6 Å².